The van der Waals surface area contributed by atoms with E-state index in [1.807, 2.05) is 31.2 Å². The average Bonchev–Trinajstić information content (AvgIpc) is 3.28. The molecule has 152 valence electrons. The number of nitrogens with zero attached hydrogens (tertiary/aromatic N) is 2. The average molecular weight is 393 g/mol. The van der Waals surface area contributed by atoms with E-state index in [0.717, 1.165) is 18.8 Å². The van der Waals surface area contributed by atoms with Gasteiger partial charge in [-0.3, -0.25) is 9.59 Å². The lowest BCUT2D eigenvalue weighted by Gasteiger charge is -2.31. The number of carbonyl (C=O) groups excluding carboxylic acids is 2. The summed E-state index contributed by atoms with van der Waals surface area (Å²) in [4.78, 5) is 29.5. The van der Waals surface area contributed by atoms with E-state index in [-0.39, 0.29) is 17.9 Å². The van der Waals surface area contributed by atoms with Crippen molar-refractivity contribution < 1.29 is 14.3 Å². The van der Waals surface area contributed by atoms with Gasteiger partial charge in [-0.15, -0.1) is 0 Å². The number of benzene rings is 2. The van der Waals surface area contributed by atoms with Crippen molar-refractivity contribution in [2.45, 2.75) is 25.9 Å². The molecule has 2 fully saturated rings. The Kier molecular flexibility index (Phi) is 5.81. The number of nitrogens with one attached hydrogen (secondary N) is 1. The molecule has 2 aromatic carbocycles. The van der Waals surface area contributed by atoms with Gasteiger partial charge in [0, 0.05) is 48.7 Å². The minimum absolute atomic E-state index is 0.0359. The molecule has 0 aliphatic carbocycles. The summed E-state index contributed by atoms with van der Waals surface area (Å²) in [5.41, 5.74) is 2.95. The van der Waals surface area contributed by atoms with Gasteiger partial charge in [-0.2, -0.15) is 0 Å². The third-order valence-electron chi connectivity index (χ3n) is 5.50. The van der Waals surface area contributed by atoms with Gasteiger partial charge in [0.2, 0.25) is 0 Å². The zero-order valence-electron chi connectivity index (χ0n) is 16.8. The van der Waals surface area contributed by atoms with E-state index >= 15 is 0 Å². The normalized spacial score (nSPS) is 19.3. The number of hydrogen-bond donors (Lipinski definition) is 1. The standard InChI is InChI=1S/C23H27N3O3/c1-17-16-26(13-14-29-17)23(28)19-5-4-6-20(15-19)24-22(27)18-7-9-21(10-8-18)25-11-2-3-12-25/h4-10,15,17H,2-3,11-14,16H2,1H3,(H,24,27). The van der Waals surface area contributed by atoms with Crippen molar-refractivity contribution in [3.05, 3.63) is 59.7 Å². The molecule has 2 aliphatic rings. The summed E-state index contributed by atoms with van der Waals surface area (Å²) in [6.45, 7) is 5.84. The van der Waals surface area contributed by atoms with E-state index in [1.54, 1.807) is 29.2 Å². The van der Waals surface area contributed by atoms with Crippen molar-refractivity contribution >= 4 is 23.2 Å². The first-order valence-electron chi connectivity index (χ1n) is 10.3. The molecule has 1 unspecified atom stereocenters. The Morgan fingerprint density at radius 2 is 1.76 bits per heavy atom. The Labute approximate surface area is 171 Å². The lowest BCUT2D eigenvalue weighted by atomic mass is 10.1. The Morgan fingerprint density at radius 1 is 1.00 bits per heavy atom. The van der Waals surface area contributed by atoms with Crippen LogP contribution in [0.15, 0.2) is 48.5 Å². The lowest BCUT2D eigenvalue weighted by molar-refractivity contribution is -0.0124. The van der Waals surface area contributed by atoms with Gasteiger partial charge in [0.25, 0.3) is 11.8 Å². The number of rotatable bonds is 4. The van der Waals surface area contributed by atoms with Gasteiger partial charge < -0.3 is 19.9 Å². The molecule has 0 radical (unpaired) electrons. The molecule has 0 bridgehead atoms. The smallest absolute Gasteiger partial charge is 0.255 e. The highest BCUT2D eigenvalue weighted by Gasteiger charge is 2.22. The monoisotopic (exact) mass is 393 g/mol. The molecule has 6 heteroatoms. The van der Waals surface area contributed by atoms with Crippen LogP contribution in [0.25, 0.3) is 0 Å². The van der Waals surface area contributed by atoms with E-state index in [4.69, 9.17) is 4.74 Å². The second-order valence-electron chi connectivity index (χ2n) is 7.71. The molecule has 1 N–H and O–H groups in total. The van der Waals surface area contributed by atoms with Crippen LogP contribution in [0.5, 0.6) is 0 Å². The minimum atomic E-state index is -0.178. The second-order valence-corrected chi connectivity index (χ2v) is 7.71. The Balaban J connectivity index is 1.42. The van der Waals surface area contributed by atoms with Crippen LogP contribution in [-0.2, 0) is 4.74 Å². The van der Waals surface area contributed by atoms with Gasteiger partial charge in [-0.1, -0.05) is 6.07 Å². The topological polar surface area (TPSA) is 61.9 Å². The molecule has 29 heavy (non-hydrogen) atoms. The molecule has 2 amide bonds. The van der Waals surface area contributed by atoms with Crippen LogP contribution in [0.1, 0.15) is 40.5 Å². The summed E-state index contributed by atoms with van der Waals surface area (Å²) in [5.74, 6) is -0.214. The van der Waals surface area contributed by atoms with Crippen LogP contribution < -0.4 is 10.2 Å². The minimum Gasteiger partial charge on any atom is -0.375 e. The van der Waals surface area contributed by atoms with E-state index in [1.165, 1.54) is 12.8 Å². The first kappa shape index (κ1) is 19.5. The highest BCUT2D eigenvalue weighted by Crippen LogP contribution is 2.21. The van der Waals surface area contributed by atoms with E-state index < -0.39 is 0 Å². The SMILES string of the molecule is CC1CN(C(=O)c2cccc(NC(=O)c3ccc(N4CCCC4)cc3)c2)CCO1. The summed E-state index contributed by atoms with van der Waals surface area (Å²) in [7, 11) is 0. The van der Waals surface area contributed by atoms with E-state index in [9.17, 15) is 9.59 Å². The van der Waals surface area contributed by atoms with Gasteiger partial charge in [0.1, 0.15) is 0 Å². The summed E-state index contributed by atoms with van der Waals surface area (Å²) < 4.78 is 5.51. The number of ether oxygens (including phenoxy) is 1. The first-order valence-corrected chi connectivity index (χ1v) is 10.3. The molecule has 2 saturated heterocycles. The molecule has 0 saturated carbocycles. The van der Waals surface area contributed by atoms with Crippen LogP contribution in [0.4, 0.5) is 11.4 Å². The maximum atomic E-state index is 12.8. The molecule has 4 rings (SSSR count). The van der Waals surface area contributed by atoms with Crippen molar-refractivity contribution in [3.63, 3.8) is 0 Å². The zero-order valence-corrected chi connectivity index (χ0v) is 16.8. The van der Waals surface area contributed by atoms with Crippen LogP contribution in [0, 0.1) is 0 Å². The molecule has 6 nitrogen and oxygen atoms in total. The summed E-state index contributed by atoms with van der Waals surface area (Å²) in [6.07, 6.45) is 2.49. The predicted octanol–water partition coefficient (Wildman–Crippen LogP) is 3.40. The summed E-state index contributed by atoms with van der Waals surface area (Å²) >= 11 is 0. The zero-order chi connectivity index (χ0) is 20.2. The van der Waals surface area contributed by atoms with Gasteiger partial charge in [0.05, 0.1) is 12.7 Å². The first-order chi connectivity index (χ1) is 14.1. The fourth-order valence-corrected chi connectivity index (χ4v) is 3.92. The number of hydrogen-bond acceptors (Lipinski definition) is 4. The van der Waals surface area contributed by atoms with E-state index in [2.05, 4.69) is 10.2 Å². The molecule has 0 spiro atoms. The largest absolute Gasteiger partial charge is 0.375 e. The quantitative estimate of drug-likeness (QED) is 0.865. The Morgan fingerprint density at radius 3 is 2.48 bits per heavy atom. The van der Waals surface area contributed by atoms with Crippen molar-refractivity contribution in [1.82, 2.24) is 4.90 Å². The van der Waals surface area contributed by atoms with Crippen LogP contribution >= 0.6 is 0 Å². The molecular weight excluding hydrogens is 366 g/mol. The Bertz CT molecular complexity index is 875. The highest BCUT2D eigenvalue weighted by atomic mass is 16.5. The summed E-state index contributed by atoms with van der Waals surface area (Å²) in [5, 5.41) is 2.91. The molecular formula is C23H27N3O3. The maximum absolute atomic E-state index is 12.8. The van der Waals surface area contributed by atoms with Crippen molar-refractivity contribution in [1.29, 1.82) is 0 Å². The fourth-order valence-electron chi connectivity index (χ4n) is 3.92. The number of anilines is 2. The van der Waals surface area contributed by atoms with E-state index in [0.29, 0.717) is 36.5 Å². The van der Waals surface area contributed by atoms with Crippen molar-refractivity contribution in [2.24, 2.45) is 0 Å². The third kappa shape index (κ3) is 4.59. The fraction of sp³-hybridized carbons (Fsp3) is 0.391. The Hall–Kier alpha value is -2.86. The molecule has 2 aliphatic heterocycles. The second kappa shape index (κ2) is 8.66. The third-order valence-corrected chi connectivity index (χ3v) is 5.50. The molecule has 2 aromatic rings. The van der Waals surface area contributed by atoms with Crippen molar-refractivity contribution in [3.8, 4) is 0 Å². The van der Waals surface area contributed by atoms with Gasteiger partial charge in [-0.05, 0) is 62.2 Å². The van der Waals surface area contributed by atoms with Gasteiger partial charge in [0.15, 0.2) is 0 Å². The van der Waals surface area contributed by atoms with Crippen LogP contribution in [-0.4, -0.2) is 55.6 Å². The van der Waals surface area contributed by atoms with Crippen LogP contribution in [0.3, 0.4) is 0 Å². The number of amides is 2. The van der Waals surface area contributed by atoms with Crippen LogP contribution in [0.2, 0.25) is 0 Å². The molecule has 1 atom stereocenters. The predicted molar refractivity (Wildman–Crippen MR) is 114 cm³/mol. The maximum Gasteiger partial charge on any atom is 0.255 e. The van der Waals surface area contributed by atoms with Gasteiger partial charge >= 0.3 is 0 Å². The number of carbonyl (C=O) groups is 2. The molecule has 2 heterocycles. The summed E-state index contributed by atoms with van der Waals surface area (Å²) in [6, 6.07) is 14.8. The molecule has 0 aromatic heterocycles. The lowest BCUT2D eigenvalue weighted by Crippen LogP contribution is -2.44. The van der Waals surface area contributed by atoms with Crippen molar-refractivity contribution in [2.75, 3.05) is 43.0 Å². The number of morpholine rings is 1. The van der Waals surface area contributed by atoms with Gasteiger partial charge in [-0.25, -0.2) is 0 Å². The highest BCUT2D eigenvalue weighted by molar-refractivity contribution is 6.05.